The summed E-state index contributed by atoms with van der Waals surface area (Å²) in [5.41, 5.74) is 13.2. The molecule has 4 bridgehead atoms. The van der Waals surface area contributed by atoms with Gasteiger partial charge in [0, 0.05) is 45.2 Å². The third kappa shape index (κ3) is 11.1. The largest absolute Gasteiger partial charge is 0.512 e. The van der Waals surface area contributed by atoms with Gasteiger partial charge in [-0.1, -0.05) is 109 Å². The van der Waals surface area contributed by atoms with Crippen molar-refractivity contribution in [1.82, 2.24) is 4.98 Å². The van der Waals surface area contributed by atoms with E-state index >= 15 is 0 Å². The molecule has 4 aliphatic carbocycles. The van der Waals surface area contributed by atoms with Crippen LogP contribution in [0, 0.1) is 24.8 Å². The molecule has 1 heterocycles. The number of allylic oxidation sites excluding steroid dienone is 2. The topological polar surface area (TPSA) is 50.2 Å². The second-order valence-electron chi connectivity index (χ2n) is 15.9. The first-order chi connectivity index (χ1) is 23.7. The molecule has 0 amide bonds. The van der Waals surface area contributed by atoms with E-state index in [4.69, 9.17) is 4.98 Å². The van der Waals surface area contributed by atoms with Crippen molar-refractivity contribution in [2.75, 3.05) is 0 Å². The van der Waals surface area contributed by atoms with Gasteiger partial charge in [0.05, 0.1) is 5.76 Å². The van der Waals surface area contributed by atoms with Crippen molar-refractivity contribution in [3.05, 3.63) is 136 Å². The Morgan fingerprint density at radius 3 is 2.14 bits per heavy atom. The zero-order valence-electron chi connectivity index (χ0n) is 31.7. The molecular weight excluding hydrogens is 803 g/mol. The molecule has 1 aromatic heterocycles. The first-order valence-corrected chi connectivity index (χ1v) is 18.3. The maximum Gasteiger partial charge on any atom is 0.159 e. The summed E-state index contributed by atoms with van der Waals surface area (Å²) in [4.78, 5) is 16.0. The number of pyridine rings is 1. The summed E-state index contributed by atoms with van der Waals surface area (Å²) >= 11 is 0. The van der Waals surface area contributed by atoms with Crippen LogP contribution in [0.4, 0.5) is 0 Å². The summed E-state index contributed by atoms with van der Waals surface area (Å²) in [6, 6.07) is 33.1. The molecule has 1 N–H and O–H groups in total. The van der Waals surface area contributed by atoms with Crippen LogP contribution in [0.3, 0.4) is 0 Å². The number of hydrogen-bond acceptors (Lipinski definition) is 3. The number of aromatic nitrogens is 1. The summed E-state index contributed by atoms with van der Waals surface area (Å²) in [5, 5.41) is 11.7. The minimum absolute atomic E-state index is 0. The minimum Gasteiger partial charge on any atom is -0.512 e. The standard InChI is InChI=1S/C36H34N.C11H20O2.Ir/c1-24-18-25-8-12-27(24)13-9-26-11-15-28(14-10-25)34(19-26)29-6-5-7-30(20-29)35-22-32-21-33(36(2,3)4)17-16-31(32)23-37-35;1-8(2)5-10(12)7-11(13)6-9(3)4;/h5-6,8,11-12,15-23H,9-10,13-14H2,1-4H3;7-9,12H,5-6H2,1-4H3;/q-1;;/b;10-7-;. The Balaban J connectivity index is 0.000000358. The van der Waals surface area contributed by atoms with Crippen LogP contribution >= 0.6 is 0 Å². The monoisotopic (exact) mass is 857 g/mol. The van der Waals surface area contributed by atoms with Gasteiger partial charge in [0.2, 0.25) is 0 Å². The zero-order chi connectivity index (χ0) is 36.0. The third-order valence-electron chi connectivity index (χ3n) is 9.48. The van der Waals surface area contributed by atoms with Crippen molar-refractivity contribution in [2.24, 2.45) is 11.8 Å². The van der Waals surface area contributed by atoms with E-state index in [2.05, 4.69) is 113 Å². The van der Waals surface area contributed by atoms with Crippen LogP contribution in [0.15, 0.2) is 96.9 Å². The Morgan fingerprint density at radius 1 is 0.804 bits per heavy atom. The smallest absolute Gasteiger partial charge is 0.159 e. The molecule has 0 saturated heterocycles. The second kappa shape index (κ2) is 17.6. The Kier molecular flexibility index (Phi) is 13.8. The quantitative estimate of drug-likeness (QED) is 0.101. The molecule has 269 valence electrons. The van der Waals surface area contributed by atoms with Crippen LogP contribution in [-0.4, -0.2) is 15.9 Å². The Bertz CT molecular complexity index is 2000. The maximum atomic E-state index is 11.2. The van der Waals surface area contributed by atoms with Gasteiger partial charge < -0.3 is 10.1 Å². The van der Waals surface area contributed by atoms with Crippen LogP contribution in [0.2, 0.25) is 0 Å². The first-order valence-electron chi connectivity index (χ1n) is 18.3. The number of aliphatic hydroxyl groups excluding tert-OH is 1. The number of ketones is 1. The molecule has 51 heavy (non-hydrogen) atoms. The van der Waals surface area contributed by atoms with E-state index in [1.807, 2.05) is 33.9 Å². The molecular formula is C47H54IrNO2-. The molecule has 1 radical (unpaired) electrons. The number of aliphatic hydroxyl groups is 1. The average Bonchev–Trinajstić information content (AvgIpc) is 3.04. The fourth-order valence-corrected chi connectivity index (χ4v) is 6.68. The second-order valence-corrected chi connectivity index (χ2v) is 15.9. The van der Waals surface area contributed by atoms with Crippen LogP contribution in [0.5, 0.6) is 0 Å². The summed E-state index contributed by atoms with van der Waals surface area (Å²) in [7, 11) is 0. The van der Waals surface area contributed by atoms with E-state index in [1.54, 1.807) is 0 Å². The maximum absolute atomic E-state index is 11.2. The fraction of sp³-hybridized carbons (Fsp3) is 0.362. The average molecular weight is 857 g/mol. The molecule has 0 aliphatic heterocycles. The molecule has 0 saturated carbocycles. The number of nitrogens with zero attached hydrogens (tertiary/aromatic N) is 1. The molecule has 5 aromatic rings. The SMILES string of the molecule is CC(C)CC(=O)/C=C(\O)CC(C)C.Cc1cc2ccc1CCc1ccc(c(-c3cc[c-]c(-c4cc5cc(C(C)(C)C)ccc5cn4)c3)c1)CC2.[Ir]. The van der Waals surface area contributed by atoms with E-state index in [0.717, 1.165) is 36.9 Å². The molecule has 0 atom stereocenters. The van der Waals surface area contributed by atoms with Crippen molar-refractivity contribution in [3.63, 3.8) is 0 Å². The molecule has 0 unspecified atom stereocenters. The summed E-state index contributed by atoms with van der Waals surface area (Å²) < 4.78 is 0. The molecule has 4 aliphatic rings. The van der Waals surface area contributed by atoms with Gasteiger partial charge in [-0.15, -0.1) is 35.4 Å². The van der Waals surface area contributed by atoms with Crippen LogP contribution in [0.1, 0.15) is 94.7 Å². The van der Waals surface area contributed by atoms with Gasteiger partial charge >= 0.3 is 0 Å². The van der Waals surface area contributed by atoms with Gasteiger partial charge in [-0.3, -0.25) is 4.79 Å². The van der Waals surface area contributed by atoms with Crippen molar-refractivity contribution >= 4 is 16.6 Å². The predicted molar refractivity (Wildman–Crippen MR) is 211 cm³/mol. The molecule has 4 aromatic carbocycles. The van der Waals surface area contributed by atoms with Gasteiger partial charge in [0.25, 0.3) is 0 Å². The number of rotatable bonds is 7. The zero-order valence-corrected chi connectivity index (χ0v) is 34.1. The first kappa shape index (κ1) is 39.9. The van der Waals surface area contributed by atoms with Crippen LogP contribution in [0.25, 0.3) is 33.2 Å². The normalized spacial score (nSPS) is 13.0. The number of fused-ring (bicyclic) bond motifs is 1. The van der Waals surface area contributed by atoms with Gasteiger partial charge in [-0.05, 0) is 105 Å². The van der Waals surface area contributed by atoms with E-state index in [9.17, 15) is 9.90 Å². The van der Waals surface area contributed by atoms with Crippen molar-refractivity contribution in [2.45, 2.75) is 99.3 Å². The number of benzene rings is 4. The molecule has 3 nitrogen and oxygen atoms in total. The van der Waals surface area contributed by atoms with E-state index in [-0.39, 0.29) is 37.1 Å². The number of carbonyl (C=O) groups excluding carboxylic acids is 1. The summed E-state index contributed by atoms with van der Waals surface area (Å²) in [6.45, 7) is 17.0. The molecule has 9 rings (SSSR count). The minimum atomic E-state index is 0. The molecule has 0 spiro atoms. The molecule has 4 heteroatoms. The number of carbonyl (C=O) groups is 1. The summed E-state index contributed by atoms with van der Waals surface area (Å²) in [6.07, 6.45) is 8.69. The Hall–Kier alpha value is -3.85. The van der Waals surface area contributed by atoms with E-state index in [1.165, 1.54) is 61.4 Å². The van der Waals surface area contributed by atoms with Crippen molar-refractivity contribution < 1.29 is 30.0 Å². The van der Waals surface area contributed by atoms with Crippen molar-refractivity contribution in [3.8, 4) is 22.4 Å². The summed E-state index contributed by atoms with van der Waals surface area (Å²) in [5.74, 6) is 0.979. The predicted octanol–water partition coefficient (Wildman–Crippen LogP) is 11.9. The van der Waals surface area contributed by atoms with E-state index in [0.29, 0.717) is 24.7 Å². The van der Waals surface area contributed by atoms with Gasteiger partial charge in [-0.2, -0.15) is 0 Å². The Morgan fingerprint density at radius 2 is 1.47 bits per heavy atom. The van der Waals surface area contributed by atoms with Crippen molar-refractivity contribution in [1.29, 1.82) is 0 Å². The third-order valence-corrected chi connectivity index (χ3v) is 9.48. The van der Waals surface area contributed by atoms with E-state index < -0.39 is 0 Å². The van der Waals surface area contributed by atoms with Crippen LogP contribution < -0.4 is 0 Å². The molecule has 0 fully saturated rings. The van der Waals surface area contributed by atoms with Crippen LogP contribution in [-0.2, 0) is 56.0 Å². The Labute approximate surface area is 320 Å². The van der Waals surface area contributed by atoms with Gasteiger partial charge in [-0.25, -0.2) is 0 Å². The fourth-order valence-electron chi connectivity index (χ4n) is 6.68. The number of aryl methyl sites for hydroxylation is 5. The number of hydrogen-bond donors (Lipinski definition) is 1. The van der Waals surface area contributed by atoms with Gasteiger partial charge in [0.15, 0.2) is 5.78 Å². The van der Waals surface area contributed by atoms with Gasteiger partial charge in [0.1, 0.15) is 0 Å².